The van der Waals surface area contributed by atoms with E-state index in [2.05, 4.69) is 15.3 Å². The van der Waals surface area contributed by atoms with Crippen molar-refractivity contribution in [1.82, 2.24) is 9.97 Å². The Balaban J connectivity index is 2.08. The Morgan fingerprint density at radius 3 is 2.91 bits per heavy atom. The molecule has 112 valence electrons. The maximum absolute atomic E-state index is 11.3. The number of nitrogens with one attached hydrogen (secondary N) is 1. The quantitative estimate of drug-likeness (QED) is 0.767. The average Bonchev–Trinajstić information content (AvgIpc) is 2.86. The largest absolute Gasteiger partial charge is 0.497 e. The average molecular weight is 315 g/mol. The van der Waals surface area contributed by atoms with Gasteiger partial charge in [-0.25, -0.2) is 14.8 Å². The zero-order chi connectivity index (χ0) is 15.7. The molecule has 0 saturated carbocycles. The van der Waals surface area contributed by atoms with E-state index in [-0.39, 0.29) is 4.88 Å². The summed E-state index contributed by atoms with van der Waals surface area (Å²) in [5.41, 5.74) is 1.47. The van der Waals surface area contributed by atoms with Gasteiger partial charge in [0.15, 0.2) is 0 Å². The Morgan fingerprint density at radius 1 is 1.36 bits per heavy atom. The lowest BCUT2D eigenvalue weighted by atomic mass is 10.2. The molecule has 0 fully saturated rings. The lowest BCUT2D eigenvalue weighted by Crippen LogP contribution is -1.97. The Bertz CT molecular complexity index is 860. The number of ether oxygens (including phenoxy) is 1. The molecule has 2 N–H and O–H groups in total. The van der Waals surface area contributed by atoms with Crippen LogP contribution in [0.25, 0.3) is 10.2 Å². The highest BCUT2D eigenvalue weighted by atomic mass is 32.1. The zero-order valence-corrected chi connectivity index (χ0v) is 12.8. The van der Waals surface area contributed by atoms with Gasteiger partial charge in [0.2, 0.25) is 0 Å². The number of methoxy groups -OCH3 is 1. The number of nitrogens with zero attached hydrogens (tertiary/aromatic N) is 2. The summed E-state index contributed by atoms with van der Waals surface area (Å²) in [7, 11) is 1.60. The maximum atomic E-state index is 11.3. The van der Waals surface area contributed by atoms with Gasteiger partial charge in [0.05, 0.1) is 12.5 Å². The predicted molar refractivity (Wildman–Crippen MR) is 85.4 cm³/mol. The van der Waals surface area contributed by atoms with Crippen LogP contribution in [0.15, 0.2) is 30.6 Å². The molecule has 3 aromatic rings. The molecule has 2 aromatic heterocycles. The van der Waals surface area contributed by atoms with E-state index in [0.717, 1.165) is 28.2 Å². The zero-order valence-electron chi connectivity index (χ0n) is 12.0. The number of benzene rings is 1. The van der Waals surface area contributed by atoms with Crippen LogP contribution in [0, 0.1) is 6.92 Å². The van der Waals surface area contributed by atoms with Crippen LogP contribution in [0.3, 0.4) is 0 Å². The van der Waals surface area contributed by atoms with E-state index in [1.165, 1.54) is 6.33 Å². The van der Waals surface area contributed by atoms with Gasteiger partial charge in [0.25, 0.3) is 0 Å². The first-order valence-corrected chi connectivity index (χ1v) is 7.30. The molecule has 0 amide bonds. The molecule has 2 heterocycles. The molecule has 0 spiro atoms. The molecule has 0 saturated heterocycles. The molecule has 6 nitrogen and oxygen atoms in total. The number of carboxylic acid groups (broad SMARTS) is 1. The number of hydrogen-bond donors (Lipinski definition) is 2. The first-order chi connectivity index (χ1) is 10.6. The summed E-state index contributed by atoms with van der Waals surface area (Å²) in [5.74, 6) is 0.357. The van der Waals surface area contributed by atoms with Crippen molar-refractivity contribution in [3.63, 3.8) is 0 Å². The molecular weight excluding hydrogens is 302 g/mol. The summed E-state index contributed by atoms with van der Waals surface area (Å²) < 4.78 is 5.19. The molecular formula is C15H13N3O3S. The predicted octanol–water partition coefficient (Wildman–Crippen LogP) is 3.45. The summed E-state index contributed by atoms with van der Waals surface area (Å²) in [4.78, 5) is 20.6. The van der Waals surface area contributed by atoms with E-state index in [1.807, 2.05) is 24.3 Å². The number of carboxylic acids is 1. The van der Waals surface area contributed by atoms with Crippen LogP contribution >= 0.6 is 11.3 Å². The van der Waals surface area contributed by atoms with E-state index >= 15 is 0 Å². The van der Waals surface area contributed by atoms with Gasteiger partial charge in [-0.15, -0.1) is 11.3 Å². The van der Waals surface area contributed by atoms with E-state index < -0.39 is 5.97 Å². The number of aryl methyl sites for hydroxylation is 1. The Hall–Kier alpha value is -2.67. The summed E-state index contributed by atoms with van der Waals surface area (Å²) in [6.07, 6.45) is 1.42. The maximum Gasteiger partial charge on any atom is 0.346 e. The van der Waals surface area contributed by atoms with Crippen molar-refractivity contribution in [2.45, 2.75) is 6.92 Å². The summed E-state index contributed by atoms with van der Waals surface area (Å²) in [5, 5.41) is 13.2. The molecule has 3 rings (SSSR count). The second-order valence-electron chi connectivity index (χ2n) is 4.62. The highest BCUT2D eigenvalue weighted by Gasteiger charge is 2.18. The van der Waals surface area contributed by atoms with Crippen molar-refractivity contribution < 1.29 is 14.6 Å². The van der Waals surface area contributed by atoms with Crippen LogP contribution in [-0.2, 0) is 0 Å². The Kier molecular flexibility index (Phi) is 3.64. The van der Waals surface area contributed by atoms with E-state index in [1.54, 1.807) is 14.0 Å². The van der Waals surface area contributed by atoms with Gasteiger partial charge >= 0.3 is 5.97 Å². The fourth-order valence-electron chi connectivity index (χ4n) is 2.21. The highest BCUT2D eigenvalue weighted by Crippen LogP contribution is 2.34. The van der Waals surface area contributed by atoms with Crippen LogP contribution in [0.5, 0.6) is 5.75 Å². The molecule has 0 aliphatic rings. The third-order valence-corrected chi connectivity index (χ3v) is 4.44. The van der Waals surface area contributed by atoms with E-state index in [4.69, 9.17) is 4.74 Å². The first-order valence-electron chi connectivity index (χ1n) is 6.48. The number of aromatic carboxylic acids is 1. The third-order valence-electron chi connectivity index (χ3n) is 3.25. The van der Waals surface area contributed by atoms with Crippen molar-refractivity contribution in [3.05, 3.63) is 41.0 Å². The topological polar surface area (TPSA) is 84.3 Å². The van der Waals surface area contributed by atoms with Crippen LogP contribution in [0.2, 0.25) is 0 Å². The fourth-order valence-corrected chi connectivity index (χ4v) is 3.20. The first kappa shape index (κ1) is 14.3. The van der Waals surface area contributed by atoms with Gasteiger partial charge in [-0.1, -0.05) is 6.07 Å². The van der Waals surface area contributed by atoms with Crippen molar-refractivity contribution >= 4 is 39.0 Å². The van der Waals surface area contributed by atoms with Gasteiger partial charge in [-0.05, 0) is 24.6 Å². The monoisotopic (exact) mass is 315 g/mol. The Labute approximate surface area is 130 Å². The molecule has 22 heavy (non-hydrogen) atoms. The number of thiophene rings is 1. The van der Waals surface area contributed by atoms with Crippen molar-refractivity contribution in [3.8, 4) is 5.75 Å². The minimum Gasteiger partial charge on any atom is -0.497 e. The molecule has 1 aromatic carbocycles. The van der Waals surface area contributed by atoms with Gasteiger partial charge in [0.1, 0.15) is 27.6 Å². The fraction of sp³-hybridized carbons (Fsp3) is 0.133. The van der Waals surface area contributed by atoms with Crippen LogP contribution < -0.4 is 10.1 Å². The van der Waals surface area contributed by atoms with Crippen LogP contribution in [0.1, 0.15) is 15.2 Å². The summed E-state index contributed by atoms with van der Waals surface area (Å²) >= 11 is 1.15. The molecule has 0 atom stereocenters. The number of aromatic nitrogens is 2. The molecule has 0 radical (unpaired) electrons. The second-order valence-corrected chi connectivity index (χ2v) is 5.62. The van der Waals surface area contributed by atoms with Gasteiger partial charge in [-0.3, -0.25) is 0 Å². The third kappa shape index (κ3) is 2.46. The van der Waals surface area contributed by atoms with Crippen LogP contribution in [0.4, 0.5) is 11.5 Å². The SMILES string of the molecule is COc1cccc(Nc2ncnc3sc(C(=O)O)c(C)c23)c1. The lowest BCUT2D eigenvalue weighted by Gasteiger charge is -2.08. The minimum atomic E-state index is -0.951. The molecule has 0 aliphatic heterocycles. The minimum absolute atomic E-state index is 0.282. The van der Waals surface area contributed by atoms with Crippen molar-refractivity contribution in [2.75, 3.05) is 12.4 Å². The smallest absolute Gasteiger partial charge is 0.346 e. The number of hydrogen-bond acceptors (Lipinski definition) is 6. The van der Waals surface area contributed by atoms with Gasteiger partial charge in [0, 0.05) is 11.8 Å². The summed E-state index contributed by atoms with van der Waals surface area (Å²) in [6, 6.07) is 7.44. The van der Waals surface area contributed by atoms with Crippen LogP contribution in [-0.4, -0.2) is 28.2 Å². The number of rotatable bonds is 4. The lowest BCUT2D eigenvalue weighted by molar-refractivity contribution is 0.0701. The summed E-state index contributed by atoms with van der Waals surface area (Å²) in [6.45, 7) is 1.77. The van der Waals surface area contributed by atoms with Crippen molar-refractivity contribution in [1.29, 1.82) is 0 Å². The van der Waals surface area contributed by atoms with E-state index in [9.17, 15) is 9.90 Å². The highest BCUT2D eigenvalue weighted by molar-refractivity contribution is 7.20. The molecule has 0 unspecified atom stereocenters. The van der Waals surface area contributed by atoms with Crippen molar-refractivity contribution in [2.24, 2.45) is 0 Å². The number of carbonyl (C=O) groups is 1. The standard InChI is InChI=1S/C15H13N3O3S/c1-8-11-13(18-9-4-3-5-10(6-9)21-2)16-7-17-14(11)22-12(8)15(19)20/h3-7H,1-2H3,(H,19,20)(H,16,17,18). The molecule has 7 heteroatoms. The number of anilines is 2. The second kappa shape index (κ2) is 5.61. The molecule has 0 bridgehead atoms. The normalized spacial score (nSPS) is 10.6. The van der Waals surface area contributed by atoms with E-state index in [0.29, 0.717) is 16.2 Å². The van der Waals surface area contributed by atoms with Gasteiger partial charge in [-0.2, -0.15) is 0 Å². The van der Waals surface area contributed by atoms with Gasteiger partial charge < -0.3 is 15.2 Å². The number of fused-ring (bicyclic) bond motifs is 1. The Morgan fingerprint density at radius 2 is 2.18 bits per heavy atom. The molecule has 0 aliphatic carbocycles.